The molecule has 0 bridgehead atoms. The Morgan fingerprint density at radius 1 is 1.22 bits per heavy atom. The molecule has 0 saturated carbocycles. The normalized spacial score (nSPS) is 15.9. The molecule has 0 saturated heterocycles. The Bertz CT molecular complexity index is 320. The van der Waals surface area contributed by atoms with E-state index in [1.165, 1.54) is 0 Å². The first-order valence-corrected chi connectivity index (χ1v) is 5.44. The molecule has 0 aromatic carbocycles. The van der Waals surface area contributed by atoms with Crippen molar-refractivity contribution in [2.45, 2.75) is 46.3 Å². The van der Waals surface area contributed by atoms with E-state index in [1.54, 1.807) is 26.1 Å². The fraction of sp³-hybridized carbons (Fsp3) is 0.818. The van der Waals surface area contributed by atoms with E-state index in [9.17, 15) is 22.8 Å². The van der Waals surface area contributed by atoms with Gasteiger partial charge in [-0.25, -0.2) is 0 Å². The first-order valence-electron chi connectivity index (χ1n) is 5.44. The summed E-state index contributed by atoms with van der Waals surface area (Å²) < 4.78 is 38.1. The highest BCUT2D eigenvalue weighted by molar-refractivity contribution is 5.96. The van der Waals surface area contributed by atoms with Crippen LogP contribution < -0.4 is 5.32 Å². The van der Waals surface area contributed by atoms with Crippen LogP contribution >= 0.6 is 0 Å². The maximum absolute atomic E-state index is 12.7. The summed E-state index contributed by atoms with van der Waals surface area (Å²) in [7, 11) is 0. The Hall–Kier alpha value is -1.27. The molecule has 7 heteroatoms. The highest BCUT2D eigenvalue weighted by atomic mass is 19.4. The number of carboxylic acid groups (broad SMARTS) is 1. The maximum atomic E-state index is 12.7. The van der Waals surface area contributed by atoms with Gasteiger partial charge in [0.05, 0.1) is 0 Å². The number of carbonyl (C=O) groups excluding carboxylic acids is 1. The van der Waals surface area contributed by atoms with E-state index in [0.29, 0.717) is 0 Å². The fourth-order valence-electron chi connectivity index (χ4n) is 1.27. The largest absolute Gasteiger partial charge is 0.481 e. The molecule has 0 aliphatic rings. The van der Waals surface area contributed by atoms with Gasteiger partial charge >= 0.3 is 12.1 Å². The van der Waals surface area contributed by atoms with Crippen LogP contribution in [0.2, 0.25) is 0 Å². The molecule has 2 atom stereocenters. The second-order valence-electron chi connectivity index (χ2n) is 5.43. The van der Waals surface area contributed by atoms with E-state index < -0.39 is 35.4 Å². The third-order valence-electron chi connectivity index (χ3n) is 2.29. The second kappa shape index (κ2) is 5.58. The van der Waals surface area contributed by atoms with Gasteiger partial charge < -0.3 is 10.4 Å². The van der Waals surface area contributed by atoms with Gasteiger partial charge in [-0.05, 0) is 18.8 Å². The number of carbonyl (C=O) groups is 2. The molecule has 2 unspecified atom stereocenters. The molecule has 0 aromatic heterocycles. The van der Waals surface area contributed by atoms with E-state index in [1.807, 2.05) is 0 Å². The van der Waals surface area contributed by atoms with Gasteiger partial charge in [0.1, 0.15) is 12.0 Å². The van der Waals surface area contributed by atoms with Crippen molar-refractivity contribution in [2.75, 3.05) is 0 Å². The highest BCUT2D eigenvalue weighted by Crippen LogP contribution is 2.30. The van der Waals surface area contributed by atoms with Crippen molar-refractivity contribution in [1.82, 2.24) is 5.32 Å². The van der Waals surface area contributed by atoms with Crippen molar-refractivity contribution in [1.29, 1.82) is 0 Å². The fourth-order valence-corrected chi connectivity index (χ4v) is 1.27. The lowest BCUT2D eigenvalue weighted by atomic mass is 9.87. The monoisotopic (exact) mass is 269 g/mol. The zero-order valence-electron chi connectivity index (χ0n) is 10.8. The standard InChI is InChI=1S/C11H18F3NO3/c1-6(9(17)18)8(16)15-7(11(12,13)14)5-10(2,3)4/h6-7H,5H2,1-4H3,(H,15,16)(H,17,18). The highest BCUT2D eigenvalue weighted by Gasteiger charge is 2.43. The number of hydrogen-bond donors (Lipinski definition) is 2. The van der Waals surface area contributed by atoms with Crippen molar-refractivity contribution in [3.05, 3.63) is 0 Å². The number of aliphatic carboxylic acids is 1. The van der Waals surface area contributed by atoms with E-state index in [0.717, 1.165) is 6.92 Å². The van der Waals surface area contributed by atoms with Crippen molar-refractivity contribution in [3.63, 3.8) is 0 Å². The molecular weight excluding hydrogens is 251 g/mol. The number of hydrogen-bond acceptors (Lipinski definition) is 2. The predicted molar refractivity (Wildman–Crippen MR) is 58.9 cm³/mol. The molecule has 0 fully saturated rings. The van der Waals surface area contributed by atoms with Gasteiger partial charge in [-0.1, -0.05) is 20.8 Å². The van der Waals surface area contributed by atoms with Crippen LogP contribution in [0.4, 0.5) is 13.2 Å². The van der Waals surface area contributed by atoms with Crippen LogP contribution in [0.15, 0.2) is 0 Å². The van der Waals surface area contributed by atoms with Gasteiger partial charge in [-0.2, -0.15) is 13.2 Å². The summed E-state index contributed by atoms with van der Waals surface area (Å²) in [4.78, 5) is 21.9. The number of amides is 1. The van der Waals surface area contributed by atoms with Crippen molar-refractivity contribution >= 4 is 11.9 Å². The van der Waals surface area contributed by atoms with Crippen LogP contribution in [0.3, 0.4) is 0 Å². The van der Waals surface area contributed by atoms with Crippen LogP contribution in [-0.2, 0) is 9.59 Å². The third-order valence-corrected chi connectivity index (χ3v) is 2.29. The molecule has 0 heterocycles. The minimum atomic E-state index is -4.60. The molecule has 0 aromatic rings. The van der Waals surface area contributed by atoms with E-state index in [4.69, 9.17) is 5.11 Å². The van der Waals surface area contributed by atoms with Gasteiger partial charge in [-0.15, -0.1) is 0 Å². The van der Waals surface area contributed by atoms with Gasteiger partial charge in [-0.3, -0.25) is 9.59 Å². The Kier molecular flexibility index (Phi) is 5.19. The molecule has 0 radical (unpaired) electrons. The zero-order chi connectivity index (χ0) is 14.7. The predicted octanol–water partition coefficient (Wildman–Crippen LogP) is 2.19. The molecular formula is C11H18F3NO3. The number of rotatable bonds is 4. The first-order chi connectivity index (χ1) is 7.84. The van der Waals surface area contributed by atoms with Crippen LogP contribution in [0.5, 0.6) is 0 Å². The number of carboxylic acids is 1. The lowest BCUT2D eigenvalue weighted by molar-refractivity contribution is -0.169. The van der Waals surface area contributed by atoms with Gasteiger partial charge in [0.2, 0.25) is 5.91 Å². The molecule has 0 aliphatic heterocycles. The van der Waals surface area contributed by atoms with Crippen LogP contribution in [-0.4, -0.2) is 29.2 Å². The SMILES string of the molecule is CC(C(=O)O)C(=O)NC(CC(C)(C)C)C(F)(F)F. The lowest BCUT2D eigenvalue weighted by Crippen LogP contribution is -2.49. The number of nitrogens with one attached hydrogen (secondary N) is 1. The van der Waals surface area contributed by atoms with Gasteiger partial charge in [0.15, 0.2) is 0 Å². The molecule has 2 N–H and O–H groups in total. The summed E-state index contributed by atoms with van der Waals surface area (Å²) in [5.74, 6) is -4.09. The number of alkyl halides is 3. The van der Waals surface area contributed by atoms with Crippen molar-refractivity contribution in [3.8, 4) is 0 Å². The average molecular weight is 269 g/mol. The quantitative estimate of drug-likeness (QED) is 0.769. The van der Waals surface area contributed by atoms with Gasteiger partial charge in [0.25, 0.3) is 0 Å². The topological polar surface area (TPSA) is 66.4 Å². The van der Waals surface area contributed by atoms with Crippen molar-refractivity contribution < 1.29 is 27.9 Å². The third kappa shape index (κ3) is 5.88. The second-order valence-corrected chi connectivity index (χ2v) is 5.43. The summed E-state index contributed by atoms with van der Waals surface area (Å²) in [6, 6.07) is -2.04. The van der Waals surface area contributed by atoms with Crippen LogP contribution in [0.25, 0.3) is 0 Å². The molecule has 0 spiro atoms. The molecule has 18 heavy (non-hydrogen) atoms. The van der Waals surface area contributed by atoms with Crippen LogP contribution in [0.1, 0.15) is 34.1 Å². The van der Waals surface area contributed by atoms with E-state index in [-0.39, 0.29) is 6.42 Å². The molecule has 0 aliphatic carbocycles. The minimum absolute atomic E-state index is 0.311. The average Bonchev–Trinajstić information content (AvgIpc) is 2.11. The molecule has 106 valence electrons. The van der Waals surface area contributed by atoms with E-state index in [2.05, 4.69) is 0 Å². The maximum Gasteiger partial charge on any atom is 0.408 e. The van der Waals surface area contributed by atoms with Crippen molar-refractivity contribution in [2.24, 2.45) is 11.3 Å². The summed E-state index contributed by atoms with van der Waals surface area (Å²) >= 11 is 0. The summed E-state index contributed by atoms with van der Waals surface area (Å²) in [6.07, 6.45) is -4.91. The first kappa shape index (κ1) is 16.7. The van der Waals surface area contributed by atoms with E-state index >= 15 is 0 Å². The van der Waals surface area contributed by atoms with Gasteiger partial charge in [0, 0.05) is 0 Å². The summed E-state index contributed by atoms with van der Waals surface area (Å²) in [5, 5.41) is 10.3. The summed E-state index contributed by atoms with van der Waals surface area (Å²) in [5.41, 5.74) is -0.639. The Labute approximate surface area is 104 Å². The zero-order valence-corrected chi connectivity index (χ0v) is 10.8. The molecule has 1 amide bonds. The Morgan fingerprint density at radius 2 is 1.67 bits per heavy atom. The number of halogens is 3. The molecule has 0 rings (SSSR count). The summed E-state index contributed by atoms with van der Waals surface area (Å²) in [6.45, 7) is 5.87. The minimum Gasteiger partial charge on any atom is -0.481 e. The Balaban J connectivity index is 4.82. The molecule has 4 nitrogen and oxygen atoms in total. The lowest BCUT2D eigenvalue weighted by Gasteiger charge is -2.28. The van der Waals surface area contributed by atoms with Crippen LogP contribution in [0, 0.1) is 11.3 Å². The Morgan fingerprint density at radius 3 is 1.94 bits per heavy atom. The smallest absolute Gasteiger partial charge is 0.408 e.